The summed E-state index contributed by atoms with van der Waals surface area (Å²) in [5.74, 6) is 4.47. The Hall–Kier alpha value is -1.96. The summed E-state index contributed by atoms with van der Waals surface area (Å²) in [6, 6.07) is 15.5. The molecule has 2 nitrogen and oxygen atoms in total. The van der Waals surface area contributed by atoms with Gasteiger partial charge < -0.3 is 9.47 Å². The fraction of sp³-hybridized carbons (Fsp3) is 0.478. The number of hydrogen-bond acceptors (Lipinski definition) is 2. The molecule has 0 unspecified atom stereocenters. The average Bonchev–Trinajstić information content (AvgIpc) is 2.68. The van der Waals surface area contributed by atoms with E-state index in [1.165, 1.54) is 36.8 Å². The van der Waals surface area contributed by atoms with Crippen molar-refractivity contribution in [2.75, 3.05) is 14.2 Å². The molecule has 0 bridgehead atoms. The second-order valence-electron chi connectivity index (χ2n) is 7.64. The molecule has 0 heterocycles. The van der Waals surface area contributed by atoms with Crippen LogP contribution in [0.4, 0.5) is 0 Å². The van der Waals surface area contributed by atoms with E-state index < -0.39 is 0 Å². The van der Waals surface area contributed by atoms with E-state index >= 15 is 0 Å². The van der Waals surface area contributed by atoms with Crippen LogP contribution in [0.2, 0.25) is 0 Å². The molecule has 0 N–H and O–H groups in total. The smallest absolute Gasteiger partial charge is 0.119 e. The van der Waals surface area contributed by atoms with Crippen molar-refractivity contribution in [2.45, 2.75) is 50.4 Å². The second-order valence-corrected chi connectivity index (χ2v) is 7.64. The van der Waals surface area contributed by atoms with Crippen molar-refractivity contribution in [1.29, 1.82) is 0 Å². The maximum absolute atomic E-state index is 5.52. The second kappa shape index (κ2) is 6.74. The minimum Gasteiger partial charge on any atom is -0.497 e. The molecule has 2 aromatic carbocycles. The molecule has 0 aliphatic heterocycles. The van der Waals surface area contributed by atoms with Gasteiger partial charge in [-0.25, -0.2) is 0 Å². The Labute approximate surface area is 151 Å². The zero-order valence-electron chi connectivity index (χ0n) is 15.5. The van der Waals surface area contributed by atoms with Crippen molar-refractivity contribution in [3.8, 4) is 11.5 Å². The summed E-state index contributed by atoms with van der Waals surface area (Å²) in [5.41, 5.74) is 4.53. The van der Waals surface area contributed by atoms with Crippen LogP contribution in [0.5, 0.6) is 11.5 Å². The fourth-order valence-corrected chi connectivity index (χ4v) is 5.32. The van der Waals surface area contributed by atoms with Gasteiger partial charge in [0.1, 0.15) is 11.5 Å². The van der Waals surface area contributed by atoms with Crippen LogP contribution in [0.25, 0.3) is 0 Å². The van der Waals surface area contributed by atoms with Crippen molar-refractivity contribution in [1.82, 2.24) is 0 Å². The van der Waals surface area contributed by atoms with Crippen LogP contribution in [0, 0.1) is 5.92 Å². The molecule has 4 rings (SSSR count). The van der Waals surface area contributed by atoms with Crippen LogP contribution in [-0.2, 0) is 0 Å². The van der Waals surface area contributed by atoms with Gasteiger partial charge in [0.15, 0.2) is 0 Å². The van der Waals surface area contributed by atoms with Gasteiger partial charge in [-0.1, -0.05) is 38.0 Å². The Morgan fingerprint density at radius 2 is 1.48 bits per heavy atom. The maximum atomic E-state index is 5.52. The quantitative estimate of drug-likeness (QED) is 0.697. The molecule has 0 aromatic heterocycles. The Balaban J connectivity index is 1.78. The summed E-state index contributed by atoms with van der Waals surface area (Å²) >= 11 is 0. The standard InChI is InChI=1S/C23H28O2/c1-15-19-13-12-18(25-3)14-22(19)20-6-4-5-7-21(20)23(15)16-8-10-17(24-2)11-9-16/h8-15,20-21,23H,4-7H2,1-3H3/t15-,20-,21+,23+/m1/s1. The lowest BCUT2D eigenvalue weighted by atomic mass is 9.58. The van der Waals surface area contributed by atoms with E-state index in [4.69, 9.17) is 9.47 Å². The molecule has 0 radical (unpaired) electrons. The topological polar surface area (TPSA) is 18.5 Å². The van der Waals surface area contributed by atoms with Gasteiger partial charge >= 0.3 is 0 Å². The fourth-order valence-electron chi connectivity index (χ4n) is 5.32. The molecule has 0 amide bonds. The Bertz CT molecular complexity index is 734. The first kappa shape index (κ1) is 16.5. The Morgan fingerprint density at radius 1 is 0.800 bits per heavy atom. The Morgan fingerprint density at radius 3 is 2.20 bits per heavy atom. The minimum atomic E-state index is 0.536. The van der Waals surface area contributed by atoms with Gasteiger partial charge in [-0.15, -0.1) is 0 Å². The monoisotopic (exact) mass is 336 g/mol. The van der Waals surface area contributed by atoms with Crippen LogP contribution >= 0.6 is 0 Å². The third-order valence-corrected chi connectivity index (χ3v) is 6.50. The molecule has 2 aliphatic rings. The van der Waals surface area contributed by atoms with Crippen LogP contribution in [0.3, 0.4) is 0 Å². The highest BCUT2D eigenvalue weighted by Gasteiger charge is 2.42. The predicted molar refractivity (Wildman–Crippen MR) is 102 cm³/mol. The zero-order valence-corrected chi connectivity index (χ0v) is 15.5. The first-order valence-corrected chi connectivity index (χ1v) is 9.54. The Kier molecular flexibility index (Phi) is 4.45. The van der Waals surface area contributed by atoms with Crippen molar-refractivity contribution in [3.63, 3.8) is 0 Å². The van der Waals surface area contributed by atoms with E-state index in [1.54, 1.807) is 19.8 Å². The summed E-state index contributed by atoms with van der Waals surface area (Å²) in [7, 11) is 3.51. The highest BCUT2D eigenvalue weighted by atomic mass is 16.5. The molecule has 0 saturated heterocycles. The average molecular weight is 336 g/mol. The molecule has 1 fully saturated rings. The first-order chi connectivity index (χ1) is 12.2. The van der Waals surface area contributed by atoms with Crippen LogP contribution < -0.4 is 9.47 Å². The highest BCUT2D eigenvalue weighted by molar-refractivity contribution is 5.46. The summed E-state index contributed by atoms with van der Waals surface area (Å²) < 4.78 is 10.9. The summed E-state index contributed by atoms with van der Waals surface area (Å²) in [6.07, 6.45) is 5.36. The number of rotatable bonds is 3. The molecule has 2 aliphatic carbocycles. The van der Waals surface area contributed by atoms with Gasteiger partial charge in [0, 0.05) is 0 Å². The van der Waals surface area contributed by atoms with E-state index in [0.717, 1.165) is 17.4 Å². The predicted octanol–water partition coefficient (Wildman–Crippen LogP) is 5.88. The van der Waals surface area contributed by atoms with Gasteiger partial charge in [0.25, 0.3) is 0 Å². The third-order valence-electron chi connectivity index (χ3n) is 6.50. The van der Waals surface area contributed by atoms with E-state index in [0.29, 0.717) is 17.8 Å². The molecule has 1 saturated carbocycles. The van der Waals surface area contributed by atoms with Crippen LogP contribution in [0.15, 0.2) is 42.5 Å². The van der Waals surface area contributed by atoms with E-state index in [1.807, 2.05) is 0 Å². The summed E-state index contributed by atoms with van der Waals surface area (Å²) in [4.78, 5) is 0. The zero-order chi connectivity index (χ0) is 17.4. The lowest BCUT2D eigenvalue weighted by Crippen LogP contribution is -2.33. The van der Waals surface area contributed by atoms with Gasteiger partial charge in [-0.3, -0.25) is 0 Å². The highest BCUT2D eigenvalue weighted by Crippen LogP contribution is 2.56. The first-order valence-electron chi connectivity index (χ1n) is 9.54. The van der Waals surface area contributed by atoms with E-state index in [-0.39, 0.29) is 0 Å². The molecule has 2 aromatic rings. The van der Waals surface area contributed by atoms with Crippen LogP contribution in [0.1, 0.15) is 67.1 Å². The van der Waals surface area contributed by atoms with Gasteiger partial charge in [-0.2, -0.15) is 0 Å². The summed E-state index contributed by atoms with van der Waals surface area (Å²) in [6.45, 7) is 2.41. The molecule has 0 spiro atoms. The SMILES string of the molecule is COc1ccc([C@H]2[C@H]3CCCC[C@H]3c3cc(OC)ccc3[C@H]2C)cc1. The van der Waals surface area contributed by atoms with Crippen molar-refractivity contribution >= 4 is 0 Å². The minimum absolute atomic E-state index is 0.536. The number of benzene rings is 2. The maximum Gasteiger partial charge on any atom is 0.119 e. The van der Waals surface area contributed by atoms with Crippen molar-refractivity contribution in [3.05, 3.63) is 59.2 Å². The number of fused-ring (bicyclic) bond motifs is 3. The molecule has 2 heteroatoms. The molecular formula is C23H28O2. The number of ether oxygens (including phenoxy) is 2. The summed E-state index contributed by atoms with van der Waals surface area (Å²) in [5, 5.41) is 0. The number of hydrogen-bond donors (Lipinski definition) is 0. The third kappa shape index (κ3) is 2.82. The number of methoxy groups -OCH3 is 2. The van der Waals surface area contributed by atoms with Crippen molar-refractivity contribution in [2.24, 2.45) is 5.92 Å². The van der Waals surface area contributed by atoms with Gasteiger partial charge in [0.2, 0.25) is 0 Å². The lowest BCUT2D eigenvalue weighted by Gasteiger charge is -2.46. The lowest BCUT2D eigenvalue weighted by molar-refractivity contribution is 0.222. The molecular weight excluding hydrogens is 308 g/mol. The van der Waals surface area contributed by atoms with Gasteiger partial charge in [-0.05, 0) is 77.5 Å². The van der Waals surface area contributed by atoms with E-state index in [9.17, 15) is 0 Å². The van der Waals surface area contributed by atoms with Crippen LogP contribution in [-0.4, -0.2) is 14.2 Å². The molecule has 4 atom stereocenters. The molecule has 132 valence electrons. The molecule has 25 heavy (non-hydrogen) atoms. The van der Waals surface area contributed by atoms with Crippen molar-refractivity contribution < 1.29 is 9.47 Å². The normalized spacial score (nSPS) is 28.0. The van der Waals surface area contributed by atoms with E-state index in [2.05, 4.69) is 49.4 Å². The largest absolute Gasteiger partial charge is 0.497 e. The van der Waals surface area contributed by atoms with Gasteiger partial charge in [0.05, 0.1) is 14.2 Å².